The maximum Gasteiger partial charge on any atom is 0.438 e. The first-order chi connectivity index (χ1) is 14.4. The number of hydrogen-bond acceptors (Lipinski definition) is 5. The summed E-state index contributed by atoms with van der Waals surface area (Å²) in [6, 6.07) is 0. The van der Waals surface area contributed by atoms with Gasteiger partial charge in [0.2, 0.25) is 0 Å². The topological polar surface area (TPSA) is 75.7 Å². The van der Waals surface area contributed by atoms with E-state index in [1.165, 1.54) is 0 Å². The lowest BCUT2D eigenvalue weighted by atomic mass is 9.50. The molecule has 4 fully saturated rings. The minimum atomic E-state index is -7.18. The molecule has 4 bridgehead atoms. The Morgan fingerprint density at radius 2 is 1.31 bits per heavy atom. The molecule has 0 heterocycles. The lowest BCUT2D eigenvalue weighted by Crippen LogP contribution is -2.55. The highest BCUT2D eigenvalue weighted by Gasteiger charge is 2.71. The molecule has 0 aromatic heterocycles. The number of ether oxygens (including phenoxy) is 2. The van der Waals surface area contributed by atoms with Crippen LogP contribution in [0.25, 0.3) is 0 Å². The second-order valence-corrected chi connectivity index (χ2v) is 10.8. The van der Waals surface area contributed by atoms with Crippen LogP contribution in [0.4, 0.5) is 35.1 Å². The molecule has 4 rings (SSSR count). The summed E-state index contributed by atoms with van der Waals surface area (Å²) >= 11 is 0. The van der Waals surface area contributed by atoms with Crippen LogP contribution >= 0.6 is 0 Å². The van der Waals surface area contributed by atoms with Crippen molar-refractivity contribution < 1.29 is 57.6 Å². The predicted octanol–water partition coefficient (Wildman–Crippen LogP) is 4.98. The summed E-state index contributed by atoms with van der Waals surface area (Å²) in [5, 5.41) is -6.68. The maximum atomic E-state index is 13.7. The molecule has 0 N–H and O–H groups in total. The second-order valence-electron chi connectivity index (χ2n) is 9.38. The monoisotopic (exact) mass is 503 g/mol. The second kappa shape index (κ2) is 8.19. The van der Waals surface area contributed by atoms with Crippen molar-refractivity contribution in [2.75, 3.05) is 13.2 Å². The van der Waals surface area contributed by atoms with Crippen LogP contribution in [0.15, 0.2) is 0 Å². The fourth-order valence-electron chi connectivity index (χ4n) is 5.74. The van der Waals surface area contributed by atoms with E-state index in [0.717, 1.165) is 38.5 Å². The molecule has 0 aliphatic heterocycles. The van der Waals surface area contributed by atoms with E-state index in [9.17, 15) is 48.1 Å². The Kier molecular flexibility index (Phi) is 6.63. The van der Waals surface area contributed by atoms with Crippen LogP contribution in [-0.2, 0) is 19.6 Å². The van der Waals surface area contributed by atoms with E-state index in [4.69, 9.17) is 4.74 Å². The highest BCUT2D eigenvalue weighted by Crippen LogP contribution is 2.60. The van der Waals surface area contributed by atoms with Gasteiger partial charge in [-0.25, -0.2) is 13.2 Å². The van der Waals surface area contributed by atoms with E-state index >= 15 is 0 Å². The molecule has 4 saturated carbocycles. The average molecular weight is 503 g/mol. The van der Waals surface area contributed by atoms with E-state index in [2.05, 4.69) is 4.74 Å². The molecule has 0 saturated heterocycles. The molecule has 32 heavy (non-hydrogen) atoms. The van der Waals surface area contributed by atoms with Gasteiger partial charge >= 0.3 is 23.4 Å². The summed E-state index contributed by atoms with van der Waals surface area (Å²) in [5.41, 5.74) is -0.0677. The van der Waals surface area contributed by atoms with Gasteiger partial charge in [-0.05, 0) is 68.1 Å². The Labute approximate surface area is 179 Å². The molecule has 0 unspecified atom stereocenters. The molecule has 0 spiro atoms. The molecular weight excluding hydrogens is 480 g/mol. The molecule has 0 amide bonds. The number of rotatable bonds is 11. The minimum Gasteiger partial charge on any atom is -0.743 e. The van der Waals surface area contributed by atoms with Crippen molar-refractivity contribution in [1.82, 2.24) is 0 Å². The Morgan fingerprint density at radius 1 is 0.844 bits per heavy atom. The summed E-state index contributed by atoms with van der Waals surface area (Å²) in [7, 11) is -7.18. The molecule has 0 atom stereocenters. The van der Waals surface area contributed by atoms with Crippen LogP contribution in [-0.4, -0.2) is 49.6 Å². The third-order valence-corrected chi connectivity index (χ3v) is 7.55. The zero-order valence-corrected chi connectivity index (χ0v) is 17.6. The molecule has 188 valence electrons. The molecule has 4 aliphatic rings. The first-order valence-corrected chi connectivity index (χ1v) is 11.6. The standard InChI is InChI=1S/C18H24F8O5S/c19-15(20,16(21,22)31-17(23,24)18(25,26)32(27,28)29)2-1-3-30-10-14-7-11-4-12(8-14)6-13(5-11)9-14/h11-13H,1-10H2,(H,27,28,29)/p-1. The smallest absolute Gasteiger partial charge is 0.438 e. The Morgan fingerprint density at radius 3 is 1.75 bits per heavy atom. The molecule has 4 aliphatic carbocycles. The summed E-state index contributed by atoms with van der Waals surface area (Å²) in [5.74, 6) is -3.56. The van der Waals surface area contributed by atoms with E-state index in [1.807, 2.05) is 0 Å². The van der Waals surface area contributed by atoms with Crippen molar-refractivity contribution >= 4 is 10.1 Å². The lowest BCUT2D eigenvalue weighted by molar-refractivity contribution is -0.456. The van der Waals surface area contributed by atoms with Gasteiger partial charge in [-0.15, -0.1) is 0 Å². The van der Waals surface area contributed by atoms with Crippen molar-refractivity contribution in [2.45, 2.75) is 74.8 Å². The zero-order chi connectivity index (χ0) is 24.2. The largest absolute Gasteiger partial charge is 0.743 e. The van der Waals surface area contributed by atoms with Crippen LogP contribution in [0.3, 0.4) is 0 Å². The summed E-state index contributed by atoms with van der Waals surface area (Å²) < 4.78 is 145. The van der Waals surface area contributed by atoms with E-state index in [-0.39, 0.29) is 12.0 Å². The van der Waals surface area contributed by atoms with Gasteiger partial charge in [-0.1, -0.05) is 0 Å². The maximum absolute atomic E-state index is 13.7. The van der Waals surface area contributed by atoms with Gasteiger partial charge in [-0.2, -0.15) is 35.1 Å². The quantitative estimate of drug-likeness (QED) is 0.226. The predicted molar refractivity (Wildman–Crippen MR) is 91.2 cm³/mol. The Balaban J connectivity index is 1.50. The molecular formula is C18H23F8O5S-. The SMILES string of the molecule is O=S(=O)([O-])C(F)(F)C(F)(F)OC(F)(F)C(F)(F)CCCOCC12CC3CC(CC(C3)C1)C2. The van der Waals surface area contributed by atoms with Gasteiger partial charge in [0.1, 0.15) is 0 Å². The molecule has 5 nitrogen and oxygen atoms in total. The van der Waals surface area contributed by atoms with Crippen LogP contribution in [0, 0.1) is 23.2 Å². The van der Waals surface area contributed by atoms with Crippen LogP contribution in [0.1, 0.15) is 51.4 Å². The number of alkyl halides is 8. The van der Waals surface area contributed by atoms with Gasteiger partial charge in [-0.3, -0.25) is 0 Å². The summed E-state index contributed by atoms with van der Waals surface area (Å²) in [4.78, 5) is 0. The minimum absolute atomic E-state index is 0.0677. The highest BCUT2D eigenvalue weighted by atomic mass is 32.2. The number of halogens is 8. The number of hydrogen-bond donors (Lipinski definition) is 0. The van der Waals surface area contributed by atoms with Crippen molar-refractivity contribution in [1.29, 1.82) is 0 Å². The first kappa shape index (κ1) is 25.9. The zero-order valence-electron chi connectivity index (χ0n) is 16.8. The summed E-state index contributed by atoms with van der Waals surface area (Å²) in [6.07, 6.45) is -8.99. The molecule has 0 aromatic rings. The fraction of sp³-hybridized carbons (Fsp3) is 1.00. The van der Waals surface area contributed by atoms with E-state index < -0.39 is 53.0 Å². The Bertz CT molecular complexity index is 766. The van der Waals surface area contributed by atoms with Crippen LogP contribution in [0.2, 0.25) is 0 Å². The first-order valence-electron chi connectivity index (χ1n) is 10.1. The van der Waals surface area contributed by atoms with Crippen molar-refractivity contribution in [3.05, 3.63) is 0 Å². The van der Waals surface area contributed by atoms with Crippen molar-refractivity contribution in [2.24, 2.45) is 23.2 Å². The fourth-order valence-corrected chi connectivity index (χ4v) is 6.07. The Hall–Kier alpha value is -0.730. The van der Waals surface area contributed by atoms with Crippen molar-refractivity contribution in [3.8, 4) is 0 Å². The van der Waals surface area contributed by atoms with Gasteiger partial charge in [0, 0.05) is 13.0 Å². The molecule has 0 aromatic carbocycles. The molecule has 0 radical (unpaired) electrons. The lowest BCUT2D eigenvalue weighted by Gasteiger charge is -2.56. The van der Waals surface area contributed by atoms with Crippen LogP contribution < -0.4 is 0 Å². The van der Waals surface area contributed by atoms with Gasteiger partial charge in [0.25, 0.3) is 0 Å². The van der Waals surface area contributed by atoms with Gasteiger partial charge in [0.05, 0.1) is 6.61 Å². The summed E-state index contributed by atoms with van der Waals surface area (Å²) in [6.45, 7) is -0.129. The van der Waals surface area contributed by atoms with Crippen LogP contribution in [0.5, 0.6) is 0 Å². The van der Waals surface area contributed by atoms with Gasteiger partial charge in [0.15, 0.2) is 10.1 Å². The normalized spacial score (nSPS) is 31.3. The van der Waals surface area contributed by atoms with E-state index in [1.54, 1.807) is 0 Å². The van der Waals surface area contributed by atoms with Gasteiger partial charge < -0.3 is 9.29 Å². The molecule has 14 heteroatoms. The van der Waals surface area contributed by atoms with E-state index in [0.29, 0.717) is 17.8 Å². The third kappa shape index (κ3) is 4.88. The average Bonchev–Trinajstić information content (AvgIpc) is 2.57. The van der Waals surface area contributed by atoms with Crippen molar-refractivity contribution in [3.63, 3.8) is 0 Å². The third-order valence-electron chi connectivity index (χ3n) is 6.69. The highest BCUT2D eigenvalue weighted by molar-refractivity contribution is 7.86.